The van der Waals surface area contributed by atoms with Gasteiger partial charge in [0.2, 0.25) is 0 Å². The molecule has 1 saturated heterocycles. The number of rotatable bonds is 4. The van der Waals surface area contributed by atoms with E-state index in [2.05, 4.69) is 55.5 Å². The van der Waals surface area contributed by atoms with Gasteiger partial charge in [-0.2, -0.15) is 0 Å². The molecule has 3 heteroatoms. The fourth-order valence-corrected chi connectivity index (χ4v) is 1.87. The Hall–Kier alpha value is -1.22. The van der Waals surface area contributed by atoms with Gasteiger partial charge in [0.25, 0.3) is 0 Å². The maximum absolute atomic E-state index is 5.25. The van der Waals surface area contributed by atoms with E-state index in [1.54, 1.807) is 0 Å². The molecule has 1 N–H and O–H groups in total. The third kappa shape index (κ3) is 2.30. The number of ether oxygens (including phenoxy) is 1. The van der Waals surface area contributed by atoms with E-state index in [1.807, 2.05) is 0 Å². The summed E-state index contributed by atoms with van der Waals surface area (Å²) in [4.78, 5) is 2.13. The van der Waals surface area contributed by atoms with E-state index in [-0.39, 0.29) is 0 Å². The maximum Gasteiger partial charge on any atom is 0.0596 e. The van der Waals surface area contributed by atoms with Gasteiger partial charge in [0.15, 0.2) is 0 Å². The monoisotopic (exact) mass is 220 g/mol. The van der Waals surface area contributed by atoms with Crippen LogP contribution in [0.15, 0.2) is 24.3 Å². The minimum atomic E-state index is 0.305. The van der Waals surface area contributed by atoms with Gasteiger partial charge in [-0.25, -0.2) is 0 Å². The molecule has 0 amide bonds. The van der Waals surface area contributed by atoms with Crippen molar-refractivity contribution in [1.82, 2.24) is 0 Å². The average molecular weight is 220 g/mol. The van der Waals surface area contributed by atoms with Crippen LogP contribution in [0, 0.1) is 5.41 Å². The second kappa shape index (κ2) is 4.34. The van der Waals surface area contributed by atoms with E-state index in [9.17, 15) is 0 Å². The summed E-state index contributed by atoms with van der Waals surface area (Å²) < 4.78 is 5.25. The first-order valence-corrected chi connectivity index (χ1v) is 5.69. The first-order valence-electron chi connectivity index (χ1n) is 5.69. The molecule has 0 radical (unpaired) electrons. The van der Waals surface area contributed by atoms with Gasteiger partial charge < -0.3 is 15.0 Å². The fraction of sp³-hybridized carbons (Fsp3) is 0.538. The Balaban J connectivity index is 2.03. The van der Waals surface area contributed by atoms with Crippen LogP contribution in [0.25, 0.3) is 0 Å². The van der Waals surface area contributed by atoms with Gasteiger partial charge in [0, 0.05) is 26.1 Å². The minimum Gasteiger partial charge on any atom is -0.383 e. The van der Waals surface area contributed by atoms with Crippen LogP contribution in [-0.2, 0) is 4.74 Å². The summed E-state index contributed by atoms with van der Waals surface area (Å²) >= 11 is 0. The number of para-hydroxylation sites is 2. The smallest absolute Gasteiger partial charge is 0.0596 e. The van der Waals surface area contributed by atoms with Crippen LogP contribution in [0.5, 0.6) is 0 Å². The Kier molecular flexibility index (Phi) is 3.06. The molecule has 1 aliphatic heterocycles. The van der Waals surface area contributed by atoms with Crippen LogP contribution < -0.4 is 10.2 Å². The summed E-state index contributed by atoms with van der Waals surface area (Å²) in [6, 6.07) is 8.38. The average Bonchev–Trinajstić information content (AvgIpc) is 2.24. The number of benzene rings is 1. The molecule has 0 saturated carbocycles. The SMILES string of the molecule is CN(C)c1ccccc1NCC1(C)COC1. The molecular formula is C13H20N2O. The van der Waals surface area contributed by atoms with Gasteiger partial charge in [0.05, 0.1) is 24.6 Å². The van der Waals surface area contributed by atoms with Crippen molar-refractivity contribution < 1.29 is 4.74 Å². The van der Waals surface area contributed by atoms with Crippen molar-refractivity contribution in [3.63, 3.8) is 0 Å². The zero-order chi connectivity index (χ0) is 11.6. The normalized spacial score (nSPS) is 17.7. The first kappa shape index (κ1) is 11.3. The van der Waals surface area contributed by atoms with Crippen LogP contribution in [-0.4, -0.2) is 33.9 Å². The number of nitrogens with zero attached hydrogens (tertiary/aromatic N) is 1. The molecule has 0 bridgehead atoms. The van der Waals surface area contributed by atoms with Gasteiger partial charge in [-0.1, -0.05) is 19.1 Å². The van der Waals surface area contributed by atoms with Crippen LogP contribution in [0.3, 0.4) is 0 Å². The molecule has 0 aliphatic carbocycles. The van der Waals surface area contributed by atoms with Crippen molar-refractivity contribution in [3.05, 3.63) is 24.3 Å². The zero-order valence-electron chi connectivity index (χ0n) is 10.3. The lowest BCUT2D eigenvalue weighted by Crippen LogP contribution is -2.45. The quantitative estimate of drug-likeness (QED) is 0.842. The summed E-state index contributed by atoms with van der Waals surface area (Å²) in [5, 5.41) is 3.52. The lowest BCUT2D eigenvalue weighted by atomic mass is 9.88. The third-order valence-corrected chi connectivity index (χ3v) is 2.99. The highest BCUT2D eigenvalue weighted by molar-refractivity contribution is 5.69. The van der Waals surface area contributed by atoms with E-state index >= 15 is 0 Å². The highest BCUT2D eigenvalue weighted by Crippen LogP contribution is 2.29. The topological polar surface area (TPSA) is 24.5 Å². The Morgan fingerprint density at radius 2 is 2.00 bits per heavy atom. The molecule has 16 heavy (non-hydrogen) atoms. The van der Waals surface area contributed by atoms with E-state index in [0.29, 0.717) is 5.41 Å². The van der Waals surface area contributed by atoms with Crippen molar-refractivity contribution >= 4 is 11.4 Å². The van der Waals surface area contributed by atoms with Crippen molar-refractivity contribution in [2.24, 2.45) is 5.41 Å². The Bertz CT molecular complexity index is 359. The number of anilines is 2. The second-order valence-corrected chi connectivity index (χ2v) is 5.07. The van der Waals surface area contributed by atoms with Crippen molar-refractivity contribution in [2.75, 3.05) is 44.1 Å². The zero-order valence-corrected chi connectivity index (χ0v) is 10.3. The molecule has 1 aromatic carbocycles. The summed E-state index contributed by atoms with van der Waals surface area (Å²) in [5.74, 6) is 0. The molecule has 0 spiro atoms. The molecule has 0 atom stereocenters. The first-order chi connectivity index (χ1) is 7.61. The molecular weight excluding hydrogens is 200 g/mol. The molecule has 0 aromatic heterocycles. The van der Waals surface area contributed by atoms with Crippen LogP contribution in [0.4, 0.5) is 11.4 Å². The fourth-order valence-electron chi connectivity index (χ4n) is 1.87. The van der Waals surface area contributed by atoms with Gasteiger partial charge in [-0.15, -0.1) is 0 Å². The van der Waals surface area contributed by atoms with Gasteiger partial charge in [-0.3, -0.25) is 0 Å². The molecule has 0 unspecified atom stereocenters. The lowest BCUT2D eigenvalue weighted by Gasteiger charge is -2.38. The van der Waals surface area contributed by atoms with Crippen LogP contribution in [0.2, 0.25) is 0 Å². The number of hydrogen-bond acceptors (Lipinski definition) is 3. The Morgan fingerprint density at radius 1 is 1.31 bits per heavy atom. The van der Waals surface area contributed by atoms with E-state index < -0.39 is 0 Å². The number of nitrogens with one attached hydrogen (secondary N) is 1. The molecule has 3 nitrogen and oxygen atoms in total. The summed E-state index contributed by atoms with van der Waals surface area (Å²) in [7, 11) is 4.13. The minimum absolute atomic E-state index is 0.305. The highest BCUT2D eigenvalue weighted by atomic mass is 16.5. The van der Waals surface area contributed by atoms with Gasteiger partial charge in [-0.05, 0) is 12.1 Å². The van der Waals surface area contributed by atoms with Crippen molar-refractivity contribution in [1.29, 1.82) is 0 Å². The van der Waals surface area contributed by atoms with Crippen molar-refractivity contribution in [2.45, 2.75) is 6.92 Å². The molecule has 1 aliphatic rings. The molecule has 1 fully saturated rings. The largest absolute Gasteiger partial charge is 0.383 e. The van der Waals surface area contributed by atoms with E-state index in [4.69, 9.17) is 4.74 Å². The standard InChI is InChI=1S/C13H20N2O/c1-13(9-16-10-13)8-14-11-6-4-5-7-12(11)15(2)3/h4-7,14H,8-10H2,1-3H3. The van der Waals surface area contributed by atoms with Crippen LogP contribution >= 0.6 is 0 Å². The summed E-state index contributed by atoms with van der Waals surface area (Å²) in [6.45, 7) is 4.95. The molecule has 1 aromatic rings. The van der Waals surface area contributed by atoms with E-state index in [0.717, 1.165) is 19.8 Å². The molecule has 1 heterocycles. The summed E-state index contributed by atoms with van der Waals surface area (Å²) in [5.41, 5.74) is 2.73. The van der Waals surface area contributed by atoms with Crippen molar-refractivity contribution in [3.8, 4) is 0 Å². The van der Waals surface area contributed by atoms with Gasteiger partial charge in [0.1, 0.15) is 0 Å². The molecule has 2 rings (SSSR count). The third-order valence-electron chi connectivity index (χ3n) is 2.99. The highest BCUT2D eigenvalue weighted by Gasteiger charge is 2.33. The maximum atomic E-state index is 5.25. The second-order valence-electron chi connectivity index (χ2n) is 5.07. The van der Waals surface area contributed by atoms with Gasteiger partial charge >= 0.3 is 0 Å². The predicted molar refractivity (Wildman–Crippen MR) is 68.2 cm³/mol. The summed E-state index contributed by atoms with van der Waals surface area (Å²) in [6.07, 6.45) is 0. The Morgan fingerprint density at radius 3 is 2.56 bits per heavy atom. The lowest BCUT2D eigenvalue weighted by molar-refractivity contribution is -0.0924. The van der Waals surface area contributed by atoms with Crippen LogP contribution in [0.1, 0.15) is 6.92 Å². The number of hydrogen-bond donors (Lipinski definition) is 1. The Labute approximate surface area is 97.4 Å². The molecule has 88 valence electrons. The predicted octanol–water partition coefficient (Wildman–Crippen LogP) is 2.20. The van der Waals surface area contributed by atoms with E-state index in [1.165, 1.54) is 11.4 Å².